The van der Waals surface area contributed by atoms with Gasteiger partial charge in [-0.3, -0.25) is 9.89 Å². The van der Waals surface area contributed by atoms with E-state index in [-0.39, 0.29) is 5.91 Å². The number of aromatic amines is 1. The maximum atomic E-state index is 12.1. The zero-order valence-electron chi connectivity index (χ0n) is 10.6. The second kappa shape index (κ2) is 5.32. The topological polar surface area (TPSA) is 67.0 Å². The number of benzene rings is 1. The summed E-state index contributed by atoms with van der Waals surface area (Å²) in [7, 11) is 0. The van der Waals surface area contributed by atoms with Crippen LogP contribution in [0.5, 0.6) is 5.75 Å². The van der Waals surface area contributed by atoms with Crippen molar-refractivity contribution in [3.63, 3.8) is 0 Å². The Morgan fingerprint density at radius 2 is 2.00 bits per heavy atom. The number of H-pyrrole nitrogens is 1. The normalized spacial score (nSPS) is 11.1. The van der Waals surface area contributed by atoms with Gasteiger partial charge in [0.2, 0.25) is 0 Å². The van der Waals surface area contributed by atoms with Gasteiger partial charge in [-0.1, -0.05) is 11.6 Å². The molecule has 0 saturated carbocycles. The van der Waals surface area contributed by atoms with E-state index in [4.69, 9.17) is 16.3 Å². The standard InChI is InChI=1S/C13H14ClN3O2/c1-13(2,12(18)16-11-7-8-15-17-11)19-10-5-3-9(14)4-6-10/h3-8H,1-2H3,(H2,15,16,17,18). The number of rotatable bonds is 4. The van der Waals surface area contributed by atoms with Crippen molar-refractivity contribution < 1.29 is 9.53 Å². The van der Waals surface area contributed by atoms with E-state index in [1.807, 2.05) is 0 Å². The monoisotopic (exact) mass is 279 g/mol. The van der Waals surface area contributed by atoms with Gasteiger partial charge in [-0.25, -0.2) is 0 Å². The SMILES string of the molecule is CC(C)(Oc1ccc(Cl)cc1)C(=O)Nc1ccn[nH]1. The molecule has 1 heterocycles. The molecule has 0 aliphatic carbocycles. The van der Waals surface area contributed by atoms with Gasteiger partial charge in [0.25, 0.3) is 5.91 Å². The Labute approximate surface area is 115 Å². The molecule has 0 unspecified atom stereocenters. The molecule has 0 fully saturated rings. The molecular formula is C13H14ClN3O2. The summed E-state index contributed by atoms with van der Waals surface area (Å²) in [4.78, 5) is 12.1. The van der Waals surface area contributed by atoms with Crippen molar-refractivity contribution in [1.82, 2.24) is 10.2 Å². The Morgan fingerprint density at radius 3 is 2.58 bits per heavy atom. The van der Waals surface area contributed by atoms with E-state index in [2.05, 4.69) is 15.5 Å². The van der Waals surface area contributed by atoms with E-state index < -0.39 is 5.60 Å². The maximum absolute atomic E-state index is 12.1. The molecule has 19 heavy (non-hydrogen) atoms. The lowest BCUT2D eigenvalue weighted by atomic mass is 10.1. The minimum Gasteiger partial charge on any atom is -0.478 e. The Bertz CT molecular complexity index is 550. The van der Waals surface area contributed by atoms with Crippen LogP contribution in [0, 0.1) is 0 Å². The van der Waals surface area contributed by atoms with Crippen LogP contribution in [0.1, 0.15) is 13.8 Å². The van der Waals surface area contributed by atoms with Gasteiger partial charge in [-0.05, 0) is 38.1 Å². The average Bonchev–Trinajstić information content (AvgIpc) is 2.84. The van der Waals surface area contributed by atoms with Gasteiger partial charge < -0.3 is 10.1 Å². The van der Waals surface area contributed by atoms with E-state index in [0.717, 1.165) is 0 Å². The summed E-state index contributed by atoms with van der Waals surface area (Å²) in [6.45, 7) is 3.38. The quantitative estimate of drug-likeness (QED) is 0.904. The molecule has 2 aromatic rings. The number of carbonyl (C=O) groups is 1. The molecule has 2 N–H and O–H groups in total. The molecule has 1 aromatic carbocycles. The molecule has 0 aliphatic rings. The van der Waals surface area contributed by atoms with E-state index in [0.29, 0.717) is 16.6 Å². The molecule has 100 valence electrons. The molecule has 0 bridgehead atoms. The lowest BCUT2D eigenvalue weighted by molar-refractivity contribution is -0.128. The molecular weight excluding hydrogens is 266 g/mol. The molecule has 6 heteroatoms. The fourth-order valence-corrected chi connectivity index (χ4v) is 1.57. The zero-order chi connectivity index (χ0) is 13.9. The number of ether oxygens (including phenoxy) is 1. The molecule has 0 atom stereocenters. The Morgan fingerprint density at radius 1 is 1.32 bits per heavy atom. The number of hydrogen-bond acceptors (Lipinski definition) is 3. The Balaban J connectivity index is 2.04. The molecule has 0 spiro atoms. The van der Waals surface area contributed by atoms with E-state index in [1.54, 1.807) is 50.4 Å². The highest BCUT2D eigenvalue weighted by molar-refractivity contribution is 6.30. The summed E-state index contributed by atoms with van der Waals surface area (Å²) in [6.07, 6.45) is 1.56. The number of nitrogens with zero attached hydrogens (tertiary/aromatic N) is 1. The molecule has 1 amide bonds. The minimum atomic E-state index is -1.01. The van der Waals surface area contributed by atoms with Crippen LogP contribution in [-0.2, 0) is 4.79 Å². The average molecular weight is 280 g/mol. The summed E-state index contributed by atoms with van der Waals surface area (Å²) in [5.41, 5.74) is -1.01. The maximum Gasteiger partial charge on any atom is 0.269 e. The predicted molar refractivity (Wildman–Crippen MR) is 73.4 cm³/mol. The van der Waals surface area contributed by atoms with E-state index in [9.17, 15) is 4.79 Å². The molecule has 2 rings (SSSR count). The van der Waals surface area contributed by atoms with Crippen LogP contribution in [0.25, 0.3) is 0 Å². The van der Waals surface area contributed by atoms with Gasteiger partial charge >= 0.3 is 0 Å². The first-order valence-corrected chi connectivity index (χ1v) is 6.10. The number of nitrogens with one attached hydrogen (secondary N) is 2. The number of halogens is 1. The molecule has 5 nitrogen and oxygen atoms in total. The van der Waals surface area contributed by atoms with Crippen LogP contribution in [-0.4, -0.2) is 21.7 Å². The number of carbonyl (C=O) groups excluding carboxylic acids is 1. The van der Waals surface area contributed by atoms with Crippen LogP contribution >= 0.6 is 11.6 Å². The van der Waals surface area contributed by atoms with Crippen molar-refractivity contribution in [2.24, 2.45) is 0 Å². The van der Waals surface area contributed by atoms with Crippen LogP contribution in [0.2, 0.25) is 5.02 Å². The lowest BCUT2D eigenvalue weighted by Gasteiger charge is -2.24. The smallest absolute Gasteiger partial charge is 0.269 e. The second-order valence-electron chi connectivity index (χ2n) is 4.49. The van der Waals surface area contributed by atoms with Crippen molar-refractivity contribution in [3.8, 4) is 5.75 Å². The van der Waals surface area contributed by atoms with Gasteiger partial charge in [0.05, 0.1) is 6.20 Å². The largest absolute Gasteiger partial charge is 0.478 e. The van der Waals surface area contributed by atoms with Crippen molar-refractivity contribution in [2.75, 3.05) is 5.32 Å². The Kier molecular flexibility index (Phi) is 3.76. The fraction of sp³-hybridized carbons (Fsp3) is 0.231. The second-order valence-corrected chi connectivity index (χ2v) is 4.93. The van der Waals surface area contributed by atoms with Crippen LogP contribution in [0.15, 0.2) is 36.5 Å². The van der Waals surface area contributed by atoms with E-state index >= 15 is 0 Å². The molecule has 0 radical (unpaired) electrons. The summed E-state index contributed by atoms with van der Waals surface area (Å²) in [6, 6.07) is 8.51. The third-order valence-electron chi connectivity index (χ3n) is 2.48. The molecule has 1 aromatic heterocycles. The Hall–Kier alpha value is -2.01. The summed E-state index contributed by atoms with van der Waals surface area (Å²) in [5.74, 6) is 0.832. The molecule has 0 saturated heterocycles. The highest BCUT2D eigenvalue weighted by Gasteiger charge is 2.30. The van der Waals surface area contributed by atoms with Crippen LogP contribution < -0.4 is 10.1 Å². The van der Waals surface area contributed by atoms with E-state index in [1.165, 1.54) is 0 Å². The molecule has 0 aliphatic heterocycles. The van der Waals surface area contributed by atoms with Crippen LogP contribution in [0.3, 0.4) is 0 Å². The third-order valence-corrected chi connectivity index (χ3v) is 2.73. The van der Waals surface area contributed by atoms with Gasteiger partial charge in [0, 0.05) is 11.1 Å². The third kappa shape index (κ3) is 3.48. The lowest BCUT2D eigenvalue weighted by Crippen LogP contribution is -2.42. The first-order valence-electron chi connectivity index (χ1n) is 5.73. The highest BCUT2D eigenvalue weighted by Crippen LogP contribution is 2.21. The van der Waals surface area contributed by atoms with Gasteiger partial charge in [0.1, 0.15) is 11.6 Å². The van der Waals surface area contributed by atoms with Gasteiger partial charge in [-0.15, -0.1) is 0 Å². The fourth-order valence-electron chi connectivity index (χ4n) is 1.44. The first-order chi connectivity index (χ1) is 8.97. The van der Waals surface area contributed by atoms with Crippen molar-refractivity contribution in [3.05, 3.63) is 41.6 Å². The number of anilines is 1. The van der Waals surface area contributed by atoms with Crippen molar-refractivity contribution >= 4 is 23.3 Å². The van der Waals surface area contributed by atoms with Crippen LogP contribution in [0.4, 0.5) is 5.82 Å². The summed E-state index contributed by atoms with van der Waals surface area (Å²) in [5, 5.41) is 9.72. The van der Waals surface area contributed by atoms with Gasteiger partial charge in [-0.2, -0.15) is 5.10 Å². The summed E-state index contributed by atoms with van der Waals surface area (Å²) < 4.78 is 5.66. The first kappa shape index (κ1) is 13.4. The van der Waals surface area contributed by atoms with Crippen molar-refractivity contribution in [2.45, 2.75) is 19.4 Å². The number of amides is 1. The highest BCUT2D eigenvalue weighted by atomic mass is 35.5. The zero-order valence-corrected chi connectivity index (χ0v) is 11.4. The van der Waals surface area contributed by atoms with Gasteiger partial charge in [0.15, 0.2) is 5.60 Å². The summed E-state index contributed by atoms with van der Waals surface area (Å²) >= 11 is 5.79. The predicted octanol–water partition coefficient (Wildman–Crippen LogP) is 2.86. The number of aromatic nitrogens is 2. The number of hydrogen-bond donors (Lipinski definition) is 2. The minimum absolute atomic E-state index is 0.272. The van der Waals surface area contributed by atoms with Crippen molar-refractivity contribution in [1.29, 1.82) is 0 Å².